The molecule has 0 aliphatic heterocycles. The molecule has 0 unspecified atom stereocenters. The maximum atomic E-state index is 5.15. The molecule has 0 saturated carbocycles. The van der Waals surface area contributed by atoms with Gasteiger partial charge in [0.15, 0.2) is 5.16 Å². The quantitative estimate of drug-likeness (QED) is 0.632. The first-order valence-corrected chi connectivity index (χ1v) is 7.22. The van der Waals surface area contributed by atoms with Gasteiger partial charge in [-0.25, -0.2) is 4.98 Å². The number of halogens is 1. The lowest BCUT2D eigenvalue weighted by Crippen LogP contribution is -1.94. The lowest BCUT2D eigenvalue weighted by Gasteiger charge is -2.06. The minimum atomic E-state index is 0.567. The van der Waals surface area contributed by atoms with Gasteiger partial charge in [-0.3, -0.25) is 0 Å². The van der Waals surface area contributed by atoms with Crippen LogP contribution in [-0.4, -0.2) is 17.1 Å². The summed E-state index contributed by atoms with van der Waals surface area (Å²) in [7, 11) is 1.60. The fourth-order valence-electron chi connectivity index (χ4n) is 1.46. The molecular formula is C13H13BrN2OS. The Hall–Kier alpha value is -1.07. The second-order valence-electron chi connectivity index (χ2n) is 3.72. The van der Waals surface area contributed by atoms with Gasteiger partial charge in [-0.15, -0.1) is 0 Å². The zero-order valence-electron chi connectivity index (χ0n) is 10.2. The first-order valence-electron chi connectivity index (χ1n) is 5.44. The number of aryl methyl sites for hydroxylation is 1. The molecule has 0 fully saturated rings. The van der Waals surface area contributed by atoms with Gasteiger partial charge >= 0.3 is 0 Å². The summed E-state index contributed by atoms with van der Waals surface area (Å²) in [6.07, 6.45) is 1.71. The number of aromatic nitrogens is 2. The summed E-state index contributed by atoms with van der Waals surface area (Å²) in [4.78, 5) is 8.57. The SMILES string of the molecule is COc1nc(SCc2ccccc2C)ncc1Br. The maximum Gasteiger partial charge on any atom is 0.231 e. The molecule has 5 heteroatoms. The van der Waals surface area contributed by atoms with Crippen molar-refractivity contribution in [2.75, 3.05) is 7.11 Å². The lowest BCUT2D eigenvalue weighted by molar-refractivity contribution is 0.389. The summed E-state index contributed by atoms with van der Waals surface area (Å²) in [6.45, 7) is 2.11. The second-order valence-corrected chi connectivity index (χ2v) is 5.52. The fraction of sp³-hybridized carbons (Fsp3) is 0.231. The average Bonchev–Trinajstić information content (AvgIpc) is 2.39. The van der Waals surface area contributed by atoms with E-state index in [1.165, 1.54) is 11.1 Å². The van der Waals surface area contributed by atoms with E-state index in [-0.39, 0.29) is 0 Å². The Morgan fingerprint density at radius 1 is 1.33 bits per heavy atom. The highest BCUT2D eigenvalue weighted by Crippen LogP contribution is 2.26. The summed E-state index contributed by atoms with van der Waals surface area (Å²) >= 11 is 4.94. The molecule has 0 bridgehead atoms. The second kappa shape index (κ2) is 6.20. The number of hydrogen-bond donors (Lipinski definition) is 0. The molecule has 94 valence electrons. The Balaban J connectivity index is 2.09. The van der Waals surface area contributed by atoms with E-state index in [4.69, 9.17) is 4.74 Å². The molecule has 1 heterocycles. The van der Waals surface area contributed by atoms with Crippen LogP contribution in [-0.2, 0) is 5.75 Å². The molecule has 0 aliphatic rings. The van der Waals surface area contributed by atoms with E-state index in [0.29, 0.717) is 5.88 Å². The van der Waals surface area contributed by atoms with Crippen LogP contribution in [0.15, 0.2) is 40.1 Å². The molecule has 0 amide bonds. The molecule has 1 aromatic heterocycles. The number of methoxy groups -OCH3 is 1. The molecule has 1 aromatic carbocycles. The van der Waals surface area contributed by atoms with Crippen LogP contribution in [0.25, 0.3) is 0 Å². The normalized spacial score (nSPS) is 10.4. The predicted octanol–water partition coefficient (Wildman–Crippen LogP) is 3.85. The van der Waals surface area contributed by atoms with Gasteiger partial charge in [0.25, 0.3) is 0 Å². The van der Waals surface area contributed by atoms with Crippen molar-refractivity contribution in [2.24, 2.45) is 0 Å². The number of rotatable bonds is 4. The van der Waals surface area contributed by atoms with E-state index in [2.05, 4.69) is 45.0 Å². The zero-order chi connectivity index (χ0) is 13.0. The summed E-state index contributed by atoms with van der Waals surface area (Å²) in [5, 5.41) is 0.721. The van der Waals surface area contributed by atoms with Crippen molar-refractivity contribution in [3.8, 4) is 5.88 Å². The Kier molecular flexibility index (Phi) is 4.60. The minimum absolute atomic E-state index is 0.567. The van der Waals surface area contributed by atoms with E-state index in [9.17, 15) is 0 Å². The molecule has 2 aromatic rings. The number of hydrogen-bond acceptors (Lipinski definition) is 4. The van der Waals surface area contributed by atoms with Crippen LogP contribution in [0.3, 0.4) is 0 Å². The van der Waals surface area contributed by atoms with E-state index >= 15 is 0 Å². The van der Waals surface area contributed by atoms with Gasteiger partial charge in [0.1, 0.15) is 0 Å². The van der Waals surface area contributed by atoms with Gasteiger partial charge in [-0.05, 0) is 34.0 Å². The van der Waals surface area contributed by atoms with Gasteiger partial charge < -0.3 is 4.74 Å². The van der Waals surface area contributed by atoms with Gasteiger partial charge in [0.05, 0.1) is 11.6 Å². The van der Waals surface area contributed by atoms with Crippen molar-refractivity contribution in [1.82, 2.24) is 9.97 Å². The lowest BCUT2D eigenvalue weighted by atomic mass is 10.1. The largest absolute Gasteiger partial charge is 0.480 e. The molecule has 3 nitrogen and oxygen atoms in total. The minimum Gasteiger partial charge on any atom is -0.480 e. The van der Waals surface area contributed by atoms with Crippen LogP contribution in [0.2, 0.25) is 0 Å². The van der Waals surface area contributed by atoms with Gasteiger partial charge in [0.2, 0.25) is 5.88 Å². The van der Waals surface area contributed by atoms with Crippen molar-refractivity contribution in [3.63, 3.8) is 0 Å². The first kappa shape index (κ1) is 13.4. The standard InChI is InChI=1S/C13H13BrN2OS/c1-9-5-3-4-6-10(9)8-18-13-15-7-11(14)12(16-13)17-2/h3-7H,8H2,1-2H3. The van der Waals surface area contributed by atoms with E-state index < -0.39 is 0 Å². The molecular weight excluding hydrogens is 312 g/mol. The number of nitrogens with zero attached hydrogens (tertiary/aromatic N) is 2. The summed E-state index contributed by atoms with van der Waals surface area (Å²) < 4.78 is 5.92. The van der Waals surface area contributed by atoms with E-state index in [0.717, 1.165) is 15.4 Å². The topological polar surface area (TPSA) is 35.0 Å². The van der Waals surface area contributed by atoms with E-state index in [1.807, 2.05) is 12.1 Å². The van der Waals surface area contributed by atoms with Gasteiger partial charge in [-0.1, -0.05) is 36.0 Å². The van der Waals surface area contributed by atoms with Gasteiger partial charge in [-0.2, -0.15) is 4.98 Å². The Morgan fingerprint density at radius 2 is 2.11 bits per heavy atom. The van der Waals surface area contributed by atoms with Gasteiger partial charge in [0, 0.05) is 11.9 Å². The number of benzene rings is 1. The van der Waals surface area contributed by atoms with Crippen LogP contribution in [0, 0.1) is 6.92 Å². The van der Waals surface area contributed by atoms with Crippen molar-refractivity contribution in [2.45, 2.75) is 17.8 Å². The highest BCUT2D eigenvalue weighted by atomic mass is 79.9. The predicted molar refractivity (Wildman–Crippen MR) is 77.0 cm³/mol. The number of ether oxygens (including phenoxy) is 1. The highest BCUT2D eigenvalue weighted by Gasteiger charge is 2.06. The van der Waals surface area contributed by atoms with Crippen molar-refractivity contribution >= 4 is 27.7 Å². The molecule has 2 rings (SSSR count). The Morgan fingerprint density at radius 3 is 2.83 bits per heavy atom. The van der Waals surface area contributed by atoms with Crippen molar-refractivity contribution in [3.05, 3.63) is 46.1 Å². The molecule has 0 atom stereocenters. The first-order chi connectivity index (χ1) is 8.70. The summed E-state index contributed by atoms with van der Waals surface area (Å²) in [5.41, 5.74) is 2.59. The monoisotopic (exact) mass is 324 g/mol. The fourth-order valence-corrected chi connectivity index (χ4v) is 2.70. The molecule has 0 saturated heterocycles. The van der Waals surface area contributed by atoms with E-state index in [1.54, 1.807) is 25.1 Å². The Bertz CT molecular complexity index is 548. The van der Waals surface area contributed by atoms with Crippen LogP contribution in [0.5, 0.6) is 5.88 Å². The molecule has 0 spiro atoms. The third kappa shape index (κ3) is 3.23. The third-order valence-electron chi connectivity index (χ3n) is 2.50. The average molecular weight is 325 g/mol. The molecule has 0 N–H and O–H groups in total. The van der Waals surface area contributed by atoms with Crippen LogP contribution in [0.4, 0.5) is 0 Å². The van der Waals surface area contributed by atoms with Crippen molar-refractivity contribution < 1.29 is 4.74 Å². The molecule has 0 aliphatic carbocycles. The third-order valence-corrected chi connectivity index (χ3v) is 3.96. The molecule has 18 heavy (non-hydrogen) atoms. The number of thioether (sulfide) groups is 1. The molecule has 0 radical (unpaired) electrons. The van der Waals surface area contributed by atoms with Crippen molar-refractivity contribution in [1.29, 1.82) is 0 Å². The maximum absolute atomic E-state index is 5.15. The Labute approximate surface area is 119 Å². The smallest absolute Gasteiger partial charge is 0.231 e. The zero-order valence-corrected chi connectivity index (χ0v) is 12.6. The summed E-state index contributed by atoms with van der Waals surface area (Å²) in [5.74, 6) is 1.43. The van der Waals surface area contributed by atoms with Crippen LogP contribution >= 0.6 is 27.7 Å². The van der Waals surface area contributed by atoms with Crippen LogP contribution < -0.4 is 4.74 Å². The highest BCUT2D eigenvalue weighted by molar-refractivity contribution is 9.10. The van der Waals surface area contributed by atoms with Crippen LogP contribution in [0.1, 0.15) is 11.1 Å². The summed E-state index contributed by atoms with van der Waals surface area (Å²) in [6, 6.07) is 8.33.